The van der Waals surface area contributed by atoms with Crippen LogP contribution in [0.2, 0.25) is 0 Å². The van der Waals surface area contributed by atoms with Gasteiger partial charge in [-0.15, -0.1) is 0 Å². The Bertz CT molecular complexity index is 916. The van der Waals surface area contributed by atoms with Crippen LogP contribution in [0.15, 0.2) is 0 Å². The summed E-state index contributed by atoms with van der Waals surface area (Å²) < 4.78 is 5.87. The van der Waals surface area contributed by atoms with Crippen LogP contribution < -0.4 is 0 Å². The summed E-state index contributed by atoms with van der Waals surface area (Å²) in [5, 5.41) is 0. The Labute approximate surface area is 223 Å². The first-order valence-corrected chi connectivity index (χ1v) is 15.4. The summed E-state index contributed by atoms with van der Waals surface area (Å²) in [7, 11) is 0. The molecule has 5 saturated carbocycles. The normalized spacial score (nSPS) is 41.7. The highest BCUT2D eigenvalue weighted by Crippen LogP contribution is 2.66. The summed E-state index contributed by atoms with van der Waals surface area (Å²) in [6.07, 6.45) is 14.1. The summed E-state index contributed by atoms with van der Waals surface area (Å²) in [5.74, 6) is 1.56. The first-order valence-electron chi connectivity index (χ1n) is 15.4. The Morgan fingerprint density at radius 2 is 1.62 bits per heavy atom. The lowest BCUT2D eigenvalue weighted by atomic mass is 9.44. The second kappa shape index (κ2) is 10.6. The number of Topliss-reactive ketones (excluding diaryl/α,β-unsaturated/α-hetero) is 3. The fourth-order valence-corrected chi connectivity index (χ4v) is 9.72. The predicted molar refractivity (Wildman–Crippen MR) is 142 cm³/mol. The van der Waals surface area contributed by atoms with E-state index in [4.69, 9.17) is 4.74 Å². The molecule has 0 radical (unpaired) electrons. The van der Waals surface area contributed by atoms with E-state index in [1.165, 1.54) is 19.3 Å². The van der Waals surface area contributed by atoms with Crippen molar-refractivity contribution in [1.29, 1.82) is 0 Å². The maximum atomic E-state index is 13.9. The van der Waals surface area contributed by atoms with Crippen LogP contribution in [0.1, 0.15) is 124 Å². The summed E-state index contributed by atoms with van der Waals surface area (Å²) in [6, 6.07) is 0. The molecule has 8 atom stereocenters. The molecule has 0 aliphatic heterocycles. The van der Waals surface area contributed by atoms with E-state index in [-0.39, 0.29) is 58.8 Å². The van der Waals surface area contributed by atoms with Crippen LogP contribution in [0, 0.1) is 46.3 Å². The van der Waals surface area contributed by atoms with Gasteiger partial charge in [-0.3, -0.25) is 19.2 Å². The molecule has 5 nitrogen and oxygen atoms in total. The van der Waals surface area contributed by atoms with E-state index in [9.17, 15) is 19.2 Å². The number of fused-ring (bicyclic) bond motifs is 5. The van der Waals surface area contributed by atoms with Gasteiger partial charge in [0.05, 0.1) is 0 Å². The molecule has 5 heteroatoms. The Balaban J connectivity index is 1.24. The summed E-state index contributed by atoms with van der Waals surface area (Å²) in [5.41, 5.74) is -0.554. The van der Waals surface area contributed by atoms with E-state index in [2.05, 4.69) is 20.8 Å². The number of carbonyl (C=O) groups is 4. The molecule has 5 rings (SSSR count). The zero-order valence-electron chi connectivity index (χ0n) is 23.4. The maximum absolute atomic E-state index is 13.9. The fourth-order valence-electron chi connectivity index (χ4n) is 9.72. The van der Waals surface area contributed by atoms with Gasteiger partial charge in [0.1, 0.15) is 23.5 Å². The first kappa shape index (κ1) is 27.1. The van der Waals surface area contributed by atoms with Gasteiger partial charge in [-0.2, -0.15) is 0 Å². The SMILES string of the molecule is C[C@H](CCC(=O)OC1CCCCCCC1)C1CC[C@H]2[C@@H]3C(=O)C[C@@H]4CC(=O)CC[C@]4(C)[C@H]3CC(=O)[C@]12C. The van der Waals surface area contributed by atoms with Crippen molar-refractivity contribution in [2.75, 3.05) is 0 Å². The molecule has 5 aliphatic rings. The molecule has 0 spiro atoms. The third kappa shape index (κ3) is 4.86. The lowest BCUT2D eigenvalue weighted by Gasteiger charge is -2.58. The molecule has 5 fully saturated rings. The minimum absolute atomic E-state index is 0.0429. The van der Waals surface area contributed by atoms with Crippen molar-refractivity contribution >= 4 is 23.3 Å². The highest BCUT2D eigenvalue weighted by Gasteiger charge is 2.66. The molecule has 0 amide bonds. The van der Waals surface area contributed by atoms with E-state index in [1.807, 2.05) is 0 Å². The quantitative estimate of drug-likeness (QED) is 0.386. The highest BCUT2D eigenvalue weighted by molar-refractivity contribution is 5.93. The molecule has 0 aromatic carbocycles. The zero-order valence-corrected chi connectivity index (χ0v) is 23.4. The van der Waals surface area contributed by atoms with Crippen LogP contribution in [-0.2, 0) is 23.9 Å². The van der Waals surface area contributed by atoms with Gasteiger partial charge in [-0.25, -0.2) is 0 Å². The molecule has 0 N–H and O–H groups in total. The van der Waals surface area contributed by atoms with Gasteiger partial charge >= 0.3 is 5.97 Å². The number of ether oxygens (including phenoxy) is 1. The van der Waals surface area contributed by atoms with Crippen molar-refractivity contribution < 1.29 is 23.9 Å². The standard InChI is InChI=1S/C32H48O5/c1-20(11-14-29(36)37-23-9-7-5-4-6-8-10-23)24-12-13-25-30-26(19-28(35)32(24,25)3)31(2)16-15-22(33)17-21(31)18-27(30)34/h20-21,23-26,30H,4-19H2,1-3H3/t20-,21+,24?,25+,26+,30+,31+,32-/m1/s1. The number of hydrogen-bond acceptors (Lipinski definition) is 5. The van der Waals surface area contributed by atoms with Gasteiger partial charge in [-0.1, -0.05) is 40.0 Å². The van der Waals surface area contributed by atoms with Gasteiger partial charge in [-0.05, 0) is 86.4 Å². The van der Waals surface area contributed by atoms with Crippen molar-refractivity contribution in [3.63, 3.8) is 0 Å². The first-order chi connectivity index (χ1) is 17.6. The molecule has 0 heterocycles. The molecule has 0 saturated heterocycles. The van der Waals surface area contributed by atoms with Crippen LogP contribution in [0.25, 0.3) is 0 Å². The van der Waals surface area contributed by atoms with Gasteiger partial charge in [0.15, 0.2) is 0 Å². The van der Waals surface area contributed by atoms with Crippen LogP contribution in [0.3, 0.4) is 0 Å². The number of rotatable bonds is 5. The minimum Gasteiger partial charge on any atom is -0.462 e. The topological polar surface area (TPSA) is 77.5 Å². The predicted octanol–water partition coefficient (Wildman–Crippen LogP) is 6.64. The zero-order chi connectivity index (χ0) is 26.4. The average Bonchev–Trinajstić information content (AvgIpc) is 3.19. The van der Waals surface area contributed by atoms with Gasteiger partial charge in [0.25, 0.3) is 0 Å². The van der Waals surface area contributed by atoms with Crippen molar-refractivity contribution in [2.45, 2.75) is 130 Å². The van der Waals surface area contributed by atoms with Crippen molar-refractivity contribution in [1.82, 2.24) is 0 Å². The number of carbonyl (C=O) groups excluding carboxylic acids is 4. The highest BCUT2D eigenvalue weighted by atomic mass is 16.5. The largest absolute Gasteiger partial charge is 0.462 e. The summed E-state index contributed by atoms with van der Waals surface area (Å²) in [4.78, 5) is 52.4. The lowest BCUT2D eigenvalue weighted by Crippen LogP contribution is -2.60. The molecule has 1 unspecified atom stereocenters. The molecule has 0 aromatic rings. The van der Waals surface area contributed by atoms with Crippen molar-refractivity contribution in [3.8, 4) is 0 Å². The Morgan fingerprint density at radius 3 is 2.35 bits per heavy atom. The van der Waals surface area contributed by atoms with E-state index in [0.29, 0.717) is 43.7 Å². The minimum atomic E-state index is -0.479. The number of ketones is 3. The van der Waals surface area contributed by atoms with Crippen LogP contribution in [0.4, 0.5) is 0 Å². The van der Waals surface area contributed by atoms with E-state index < -0.39 is 5.41 Å². The van der Waals surface area contributed by atoms with Crippen LogP contribution in [-0.4, -0.2) is 29.4 Å². The van der Waals surface area contributed by atoms with E-state index in [1.54, 1.807) is 0 Å². The summed E-state index contributed by atoms with van der Waals surface area (Å²) in [6.45, 7) is 6.61. The molecular weight excluding hydrogens is 464 g/mol. The van der Waals surface area contributed by atoms with Crippen molar-refractivity contribution in [3.05, 3.63) is 0 Å². The summed E-state index contributed by atoms with van der Waals surface area (Å²) >= 11 is 0. The smallest absolute Gasteiger partial charge is 0.306 e. The maximum Gasteiger partial charge on any atom is 0.306 e. The molecular formula is C32H48O5. The van der Waals surface area contributed by atoms with Crippen LogP contribution >= 0.6 is 0 Å². The molecule has 206 valence electrons. The number of esters is 1. The molecule has 0 aromatic heterocycles. The number of hydrogen-bond donors (Lipinski definition) is 0. The lowest BCUT2D eigenvalue weighted by molar-refractivity contribution is -0.166. The monoisotopic (exact) mass is 512 g/mol. The van der Waals surface area contributed by atoms with Crippen molar-refractivity contribution in [2.24, 2.45) is 46.3 Å². The average molecular weight is 513 g/mol. The van der Waals surface area contributed by atoms with E-state index >= 15 is 0 Å². The third-order valence-electron chi connectivity index (χ3n) is 12.1. The van der Waals surface area contributed by atoms with E-state index in [0.717, 1.165) is 51.4 Å². The second-order valence-corrected chi connectivity index (χ2v) is 13.9. The van der Waals surface area contributed by atoms with Gasteiger partial charge in [0, 0.05) is 43.4 Å². The second-order valence-electron chi connectivity index (χ2n) is 13.9. The Morgan fingerprint density at radius 1 is 0.919 bits per heavy atom. The van der Waals surface area contributed by atoms with Gasteiger partial charge in [0.2, 0.25) is 0 Å². The Kier molecular flexibility index (Phi) is 7.73. The fraction of sp³-hybridized carbons (Fsp3) is 0.875. The molecule has 37 heavy (non-hydrogen) atoms. The molecule has 5 aliphatic carbocycles. The van der Waals surface area contributed by atoms with Gasteiger partial charge < -0.3 is 4.74 Å². The third-order valence-corrected chi connectivity index (χ3v) is 12.1. The van der Waals surface area contributed by atoms with Crippen LogP contribution in [0.5, 0.6) is 0 Å². The Hall–Kier alpha value is -1.52. The molecule has 0 bridgehead atoms.